The second-order valence-electron chi connectivity index (χ2n) is 4.30. The summed E-state index contributed by atoms with van der Waals surface area (Å²) >= 11 is 0. The third kappa shape index (κ3) is 2.33. The molecule has 0 saturated carbocycles. The fraction of sp³-hybridized carbons (Fsp3) is 0.417. The number of nitrogens with one attached hydrogen (secondary N) is 1. The van der Waals surface area contributed by atoms with Gasteiger partial charge in [-0.1, -0.05) is 12.1 Å². The summed E-state index contributed by atoms with van der Waals surface area (Å²) in [7, 11) is 6.21. The molecule has 0 aliphatic carbocycles. The highest BCUT2D eigenvalue weighted by atomic mass is 15.3. The van der Waals surface area contributed by atoms with Crippen molar-refractivity contribution in [2.24, 2.45) is 0 Å². The Morgan fingerprint density at radius 3 is 2.56 bits per heavy atom. The van der Waals surface area contributed by atoms with Crippen LogP contribution in [0.4, 0.5) is 5.95 Å². The van der Waals surface area contributed by atoms with Crippen LogP contribution < -0.4 is 4.90 Å². The van der Waals surface area contributed by atoms with Crippen molar-refractivity contribution in [3.63, 3.8) is 0 Å². The first-order chi connectivity index (χ1) is 7.66. The summed E-state index contributed by atoms with van der Waals surface area (Å²) < 4.78 is 0. The van der Waals surface area contributed by atoms with Gasteiger partial charge in [-0.25, -0.2) is 4.98 Å². The summed E-state index contributed by atoms with van der Waals surface area (Å²) in [5.41, 5.74) is 2.11. The van der Waals surface area contributed by atoms with Gasteiger partial charge in [-0.3, -0.25) is 0 Å². The number of nitrogens with zero attached hydrogens (tertiary/aromatic N) is 3. The van der Waals surface area contributed by atoms with Gasteiger partial charge in [-0.05, 0) is 26.2 Å². The van der Waals surface area contributed by atoms with Gasteiger partial charge in [0.2, 0.25) is 5.95 Å². The van der Waals surface area contributed by atoms with Gasteiger partial charge in [0.25, 0.3) is 0 Å². The van der Waals surface area contributed by atoms with E-state index in [0.717, 1.165) is 30.1 Å². The molecule has 0 amide bonds. The van der Waals surface area contributed by atoms with Crippen molar-refractivity contribution in [1.82, 2.24) is 14.9 Å². The van der Waals surface area contributed by atoms with Crippen LogP contribution in [-0.4, -0.2) is 49.1 Å². The number of hydrogen-bond donors (Lipinski definition) is 1. The molecule has 2 aromatic rings. The molecule has 0 fully saturated rings. The summed E-state index contributed by atoms with van der Waals surface area (Å²) in [4.78, 5) is 12.2. The van der Waals surface area contributed by atoms with E-state index in [1.54, 1.807) is 0 Å². The Morgan fingerprint density at radius 1 is 1.12 bits per heavy atom. The molecule has 1 aromatic heterocycles. The van der Waals surface area contributed by atoms with E-state index in [1.165, 1.54) is 0 Å². The number of hydrogen-bond acceptors (Lipinski definition) is 3. The van der Waals surface area contributed by atoms with Gasteiger partial charge in [-0.15, -0.1) is 0 Å². The number of para-hydroxylation sites is 2. The van der Waals surface area contributed by atoms with Gasteiger partial charge in [0.15, 0.2) is 0 Å². The van der Waals surface area contributed by atoms with Gasteiger partial charge < -0.3 is 14.8 Å². The summed E-state index contributed by atoms with van der Waals surface area (Å²) in [5.74, 6) is 0.933. The van der Waals surface area contributed by atoms with E-state index < -0.39 is 0 Å². The van der Waals surface area contributed by atoms with Crippen LogP contribution in [0.5, 0.6) is 0 Å². The standard InChI is InChI=1S/C12H18N4/c1-15(2)8-9-16(3)12-13-10-6-4-5-7-11(10)14-12/h4-7H,8-9H2,1-3H3,(H,13,14). The van der Waals surface area contributed by atoms with Gasteiger partial charge in [0.1, 0.15) is 0 Å². The fourth-order valence-electron chi connectivity index (χ4n) is 1.58. The second-order valence-corrected chi connectivity index (χ2v) is 4.30. The normalized spacial score (nSPS) is 11.2. The maximum atomic E-state index is 4.54. The second kappa shape index (κ2) is 4.53. The fourth-order valence-corrected chi connectivity index (χ4v) is 1.58. The Bertz CT molecular complexity index is 428. The summed E-state index contributed by atoms with van der Waals surface area (Å²) in [6.45, 7) is 1.99. The molecule has 0 radical (unpaired) electrons. The molecule has 0 spiro atoms. The number of rotatable bonds is 4. The predicted octanol–water partition coefficient (Wildman–Crippen LogP) is 1.56. The molecule has 1 N–H and O–H groups in total. The van der Waals surface area contributed by atoms with Crippen LogP contribution in [0.2, 0.25) is 0 Å². The van der Waals surface area contributed by atoms with Crippen LogP contribution in [-0.2, 0) is 0 Å². The first-order valence-electron chi connectivity index (χ1n) is 5.47. The number of aromatic nitrogens is 2. The molecule has 2 rings (SSSR count). The molecular weight excluding hydrogens is 200 g/mol. The third-order valence-corrected chi connectivity index (χ3v) is 2.62. The summed E-state index contributed by atoms with van der Waals surface area (Å²) in [5, 5.41) is 0. The van der Waals surface area contributed by atoms with Crippen molar-refractivity contribution in [2.45, 2.75) is 0 Å². The quantitative estimate of drug-likeness (QED) is 0.846. The zero-order valence-electron chi connectivity index (χ0n) is 10.1. The number of H-pyrrole nitrogens is 1. The maximum Gasteiger partial charge on any atom is 0.203 e. The van der Waals surface area contributed by atoms with Gasteiger partial charge >= 0.3 is 0 Å². The highest BCUT2D eigenvalue weighted by molar-refractivity contribution is 5.77. The van der Waals surface area contributed by atoms with Crippen LogP contribution >= 0.6 is 0 Å². The minimum absolute atomic E-state index is 0.933. The molecule has 1 heterocycles. The highest BCUT2D eigenvalue weighted by Crippen LogP contribution is 2.15. The van der Waals surface area contributed by atoms with Crippen molar-refractivity contribution in [2.75, 3.05) is 39.1 Å². The molecule has 1 aromatic carbocycles. The highest BCUT2D eigenvalue weighted by Gasteiger charge is 2.06. The smallest absolute Gasteiger partial charge is 0.203 e. The van der Waals surface area contributed by atoms with Crippen LogP contribution in [0.25, 0.3) is 11.0 Å². The van der Waals surface area contributed by atoms with E-state index in [4.69, 9.17) is 0 Å². The molecule has 0 bridgehead atoms. The van der Waals surface area contributed by atoms with Gasteiger partial charge in [0, 0.05) is 20.1 Å². The van der Waals surface area contributed by atoms with E-state index in [0.29, 0.717) is 0 Å². The maximum absolute atomic E-state index is 4.54. The molecule has 0 aliphatic heterocycles. The van der Waals surface area contributed by atoms with E-state index in [2.05, 4.69) is 40.9 Å². The Kier molecular flexibility index (Phi) is 3.10. The van der Waals surface area contributed by atoms with Crippen LogP contribution in [0.1, 0.15) is 0 Å². The number of likely N-dealkylation sites (N-methyl/N-ethyl adjacent to an activating group) is 2. The molecule has 4 heteroatoms. The largest absolute Gasteiger partial charge is 0.344 e. The SMILES string of the molecule is CN(C)CCN(C)c1nc2ccccc2[nH]1. The summed E-state index contributed by atoms with van der Waals surface area (Å²) in [6.07, 6.45) is 0. The van der Waals surface area contributed by atoms with Crippen molar-refractivity contribution >= 4 is 17.0 Å². The van der Waals surface area contributed by atoms with Crippen molar-refractivity contribution < 1.29 is 0 Å². The molecule has 0 aliphatic rings. The zero-order chi connectivity index (χ0) is 11.5. The Morgan fingerprint density at radius 2 is 1.88 bits per heavy atom. The van der Waals surface area contributed by atoms with Crippen molar-refractivity contribution in [3.8, 4) is 0 Å². The monoisotopic (exact) mass is 218 g/mol. The molecule has 0 saturated heterocycles. The Balaban J connectivity index is 2.13. The lowest BCUT2D eigenvalue weighted by molar-refractivity contribution is 0.416. The van der Waals surface area contributed by atoms with E-state index in [-0.39, 0.29) is 0 Å². The minimum atomic E-state index is 0.933. The lowest BCUT2D eigenvalue weighted by atomic mass is 10.3. The first-order valence-corrected chi connectivity index (χ1v) is 5.47. The molecule has 4 nitrogen and oxygen atoms in total. The number of aromatic amines is 1. The first kappa shape index (κ1) is 11.0. The Hall–Kier alpha value is -1.55. The van der Waals surface area contributed by atoms with E-state index in [1.807, 2.05) is 24.3 Å². The lowest BCUT2D eigenvalue weighted by Gasteiger charge is -2.18. The van der Waals surface area contributed by atoms with Gasteiger partial charge in [0.05, 0.1) is 11.0 Å². The third-order valence-electron chi connectivity index (χ3n) is 2.62. The minimum Gasteiger partial charge on any atom is -0.344 e. The van der Waals surface area contributed by atoms with Crippen molar-refractivity contribution in [3.05, 3.63) is 24.3 Å². The van der Waals surface area contributed by atoms with Crippen molar-refractivity contribution in [1.29, 1.82) is 0 Å². The van der Waals surface area contributed by atoms with E-state index in [9.17, 15) is 0 Å². The molecule has 86 valence electrons. The molecule has 0 atom stereocenters. The predicted molar refractivity (Wildman–Crippen MR) is 67.9 cm³/mol. The lowest BCUT2D eigenvalue weighted by Crippen LogP contribution is -2.29. The molecule has 16 heavy (non-hydrogen) atoms. The van der Waals surface area contributed by atoms with E-state index >= 15 is 0 Å². The zero-order valence-corrected chi connectivity index (χ0v) is 10.1. The number of anilines is 1. The number of benzene rings is 1. The van der Waals surface area contributed by atoms with Gasteiger partial charge in [-0.2, -0.15) is 0 Å². The molecule has 0 unspecified atom stereocenters. The van der Waals surface area contributed by atoms with Crippen LogP contribution in [0, 0.1) is 0 Å². The topological polar surface area (TPSA) is 35.2 Å². The molecular formula is C12H18N4. The average molecular weight is 218 g/mol. The number of fused-ring (bicyclic) bond motifs is 1. The van der Waals surface area contributed by atoms with Crippen LogP contribution in [0.3, 0.4) is 0 Å². The Labute approximate surface area is 95.9 Å². The number of imidazole rings is 1. The summed E-state index contributed by atoms with van der Waals surface area (Å²) in [6, 6.07) is 8.09. The average Bonchev–Trinajstić information content (AvgIpc) is 2.69. The van der Waals surface area contributed by atoms with Crippen LogP contribution in [0.15, 0.2) is 24.3 Å².